The van der Waals surface area contributed by atoms with Crippen LogP contribution >= 0.6 is 0 Å². The minimum Gasteiger partial charge on any atom is -0.497 e. The van der Waals surface area contributed by atoms with Gasteiger partial charge in [-0.15, -0.1) is 0 Å². The normalized spacial score (nSPS) is 17.8. The zero-order valence-corrected chi connectivity index (χ0v) is 13.4. The number of methoxy groups -OCH3 is 1. The number of carbonyl (C=O) groups is 1. The SMILES string of the molecule is COc1ccc([C@@H]2CC(=O)Nc3c2cnn3C(C)(C)C)cc1. The van der Waals surface area contributed by atoms with Crippen LogP contribution < -0.4 is 10.1 Å². The second-order valence-electron chi connectivity index (χ2n) is 6.61. The number of nitrogens with one attached hydrogen (secondary N) is 1. The molecule has 0 unspecified atom stereocenters. The van der Waals surface area contributed by atoms with E-state index in [1.54, 1.807) is 7.11 Å². The fourth-order valence-corrected chi connectivity index (χ4v) is 2.86. The Kier molecular flexibility index (Phi) is 3.43. The van der Waals surface area contributed by atoms with Crippen LogP contribution in [0.15, 0.2) is 30.5 Å². The average Bonchev–Trinajstić information content (AvgIpc) is 2.90. The number of nitrogens with zero attached hydrogens (tertiary/aromatic N) is 2. The van der Waals surface area contributed by atoms with E-state index in [0.29, 0.717) is 6.42 Å². The quantitative estimate of drug-likeness (QED) is 0.927. The number of ether oxygens (including phenoxy) is 1. The summed E-state index contributed by atoms with van der Waals surface area (Å²) in [4.78, 5) is 12.1. The van der Waals surface area contributed by atoms with Crippen LogP contribution in [0.5, 0.6) is 5.75 Å². The van der Waals surface area contributed by atoms with Crippen molar-refractivity contribution < 1.29 is 9.53 Å². The smallest absolute Gasteiger partial charge is 0.226 e. The molecule has 0 spiro atoms. The van der Waals surface area contributed by atoms with Crippen molar-refractivity contribution in [2.45, 2.75) is 38.6 Å². The van der Waals surface area contributed by atoms with Crippen molar-refractivity contribution in [2.24, 2.45) is 0 Å². The molecule has 0 bridgehead atoms. The molecule has 5 heteroatoms. The van der Waals surface area contributed by atoms with Gasteiger partial charge in [-0.2, -0.15) is 5.10 Å². The average molecular weight is 299 g/mol. The number of carbonyl (C=O) groups excluding carboxylic acids is 1. The summed E-state index contributed by atoms with van der Waals surface area (Å²) in [6.45, 7) is 6.22. The van der Waals surface area contributed by atoms with Crippen LogP contribution in [0, 0.1) is 0 Å². The van der Waals surface area contributed by atoms with E-state index in [1.807, 2.05) is 35.1 Å². The number of amides is 1. The molecule has 0 saturated heterocycles. The lowest BCUT2D eigenvalue weighted by molar-refractivity contribution is -0.116. The van der Waals surface area contributed by atoms with Gasteiger partial charge in [0.1, 0.15) is 11.6 Å². The highest BCUT2D eigenvalue weighted by Gasteiger charge is 2.32. The Hall–Kier alpha value is -2.30. The van der Waals surface area contributed by atoms with Gasteiger partial charge in [0.15, 0.2) is 0 Å². The molecule has 0 radical (unpaired) electrons. The lowest BCUT2D eigenvalue weighted by atomic mass is 9.87. The number of hydrogen-bond donors (Lipinski definition) is 1. The minimum absolute atomic E-state index is 0.0271. The van der Waals surface area contributed by atoms with Crippen LogP contribution in [0.3, 0.4) is 0 Å². The summed E-state index contributed by atoms with van der Waals surface area (Å²) < 4.78 is 7.09. The molecule has 1 N–H and O–H groups in total. The van der Waals surface area contributed by atoms with Crippen molar-refractivity contribution >= 4 is 11.7 Å². The molecule has 3 rings (SSSR count). The highest BCUT2D eigenvalue weighted by Crippen LogP contribution is 2.39. The van der Waals surface area contributed by atoms with Gasteiger partial charge in [-0.25, -0.2) is 4.68 Å². The van der Waals surface area contributed by atoms with Crippen molar-refractivity contribution in [2.75, 3.05) is 12.4 Å². The van der Waals surface area contributed by atoms with E-state index in [9.17, 15) is 4.79 Å². The van der Waals surface area contributed by atoms with Gasteiger partial charge in [0.2, 0.25) is 5.91 Å². The van der Waals surface area contributed by atoms with E-state index in [-0.39, 0.29) is 17.4 Å². The van der Waals surface area contributed by atoms with Crippen molar-refractivity contribution in [1.29, 1.82) is 0 Å². The molecule has 116 valence electrons. The van der Waals surface area contributed by atoms with Crippen LogP contribution in [0.25, 0.3) is 0 Å². The van der Waals surface area contributed by atoms with Crippen molar-refractivity contribution in [3.05, 3.63) is 41.6 Å². The summed E-state index contributed by atoms with van der Waals surface area (Å²) in [7, 11) is 1.65. The molecule has 0 aliphatic carbocycles. The first kappa shape index (κ1) is 14.6. The molecular weight excluding hydrogens is 278 g/mol. The molecule has 1 aromatic heterocycles. The molecule has 1 aromatic carbocycles. The highest BCUT2D eigenvalue weighted by atomic mass is 16.5. The number of hydrogen-bond acceptors (Lipinski definition) is 3. The Labute approximate surface area is 130 Å². The number of rotatable bonds is 2. The van der Waals surface area contributed by atoms with E-state index < -0.39 is 0 Å². The second kappa shape index (κ2) is 5.16. The molecule has 1 aliphatic heterocycles. The Balaban J connectivity index is 2.04. The molecule has 1 atom stereocenters. The number of aromatic nitrogens is 2. The Morgan fingerprint density at radius 1 is 1.27 bits per heavy atom. The van der Waals surface area contributed by atoms with Gasteiger partial charge >= 0.3 is 0 Å². The Morgan fingerprint density at radius 2 is 1.95 bits per heavy atom. The van der Waals surface area contributed by atoms with E-state index in [0.717, 1.165) is 22.7 Å². The van der Waals surface area contributed by atoms with E-state index in [1.165, 1.54) is 0 Å². The second-order valence-corrected chi connectivity index (χ2v) is 6.61. The van der Waals surface area contributed by atoms with Crippen LogP contribution in [0.4, 0.5) is 5.82 Å². The first-order chi connectivity index (χ1) is 10.4. The Morgan fingerprint density at radius 3 is 2.55 bits per heavy atom. The van der Waals surface area contributed by atoms with E-state index in [4.69, 9.17) is 4.74 Å². The molecule has 2 heterocycles. The molecule has 0 fully saturated rings. The van der Waals surface area contributed by atoms with Gasteiger partial charge in [0.05, 0.1) is 18.8 Å². The lowest BCUT2D eigenvalue weighted by Crippen LogP contribution is -2.30. The van der Waals surface area contributed by atoms with Crippen molar-refractivity contribution in [3.8, 4) is 5.75 Å². The summed E-state index contributed by atoms with van der Waals surface area (Å²) in [6, 6.07) is 7.88. The third-order valence-electron chi connectivity index (χ3n) is 3.97. The standard InChI is InChI=1S/C17H21N3O2/c1-17(2,3)20-16-14(10-18-20)13(9-15(21)19-16)11-5-7-12(22-4)8-6-11/h5-8,10,13H,9H2,1-4H3,(H,19,21)/t13-/m0/s1. The zero-order chi connectivity index (χ0) is 15.9. The number of benzene rings is 1. The maximum Gasteiger partial charge on any atom is 0.226 e. The Bertz CT molecular complexity index is 696. The van der Waals surface area contributed by atoms with Crippen molar-refractivity contribution in [1.82, 2.24) is 9.78 Å². The summed E-state index contributed by atoms with van der Waals surface area (Å²) in [5.74, 6) is 1.68. The third-order valence-corrected chi connectivity index (χ3v) is 3.97. The van der Waals surface area contributed by atoms with Crippen LogP contribution in [-0.2, 0) is 10.3 Å². The maximum atomic E-state index is 12.1. The first-order valence-electron chi connectivity index (χ1n) is 7.42. The van der Waals surface area contributed by atoms with Gasteiger partial charge in [-0.05, 0) is 38.5 Å². The molecule has 22 heavy (non-hydrogen) atoms. The van der Waals surface area contributed by atoms with Crippen LogP contribution in [0.2, 0.25) is 0 Å². The van der Waals surface area contributed by atoms with Crippen LogP contribution in [-0.4, -0.2) is 22.8 Å². The monoisotopic (exact) mass is 299 g/mol. The maximum absolute atomic E-state index is 12.1. The number of anilines is 1. The van der Waals surface area contributed by atoms with Gasteiger partial charge in [-0.1, -0.05) is 12.1 Å². The molecule has 1 amide bonds. The molecule has 5 nitrogen and oxygen atoms in total. The summed E-state index contributed by atoms with van der Waals surface area (Å²) in [5, 5.41) is 7.46. The van der Waals surface area contributed by atoms with Crippen molar-refractivity contribution in [3.63, 3.8) is 0 Å². The molecule has 0 saturated carbocycles. The molecular formula is C17H21N3O2. The fraction of sp³-hybridized carbons (Fsp3) is 0.412. The van der Waals surface area contributed by atoms with E-state index in [2.05, 4.69) is 31.2 Å². The minimum atomic E-state index is -0.178. The summed E-state index contributed by atoms with van der Waals surface area (Å²) in [5.41, 5.74) is 1.99. The largest absolute Gasteiger partial charge is 0.497 e. The van der Waals surface area contributed by atoms with Gasteiger partial charge in [0, 0.05) is 17.9 Å². The highest BCUT2D eigenvalue weighted by molar-refractivity contribution is 5.94. The predicted molar refractivity (Wildman–Crippen MR) is 85.3 cm³/mol. The van der Waals surface area contributed by atoms with Gasteiger partial charge in [-0.3, -0.25) is 4.79 Å². The number of fused-ring (bicyclic) bond motifs is 1. The topological polar surface area (TPSA) is 56.1 Å². The summed E-state index contributed by atoms with van der Waals surface area (Å²) >= 11 is 0. The predicted octanol–water partition coefficient (Wildman–Crippen LogP) is 3.12. The van der Waals surface area contributed by atoms with Gasteiger partial charge in [0.25, 0.3) is 0 Å². The molecule has 2 aromatic rings. The van der Waals surface area contributed by atoms with Gasteiger partial charge < -0.3 is 10.1 Å². The van der Waals surface area contributed by atoms with E-state index >= 15 is 0 Å². The molecule has 1 aliphatic rings. The van der Waals surface area contributed by atoms with Crippen LogP contribution in [0.1, 0.15) is 44.2 Å². The zero-order valence-electron chi connectivity index (χ0n) is 13.4. The fourth-order valence-electron chi connectivity index (χ4n) is 2.86. The third kappa shape index (κ3) is 2.47. The lowest BCUT2D eigenvalue weighted by Gasteiger charge is -2.28. The summed E-state index contributed by atoms with van der Waals surface area (Å²) in [6.07, 6.45) is 2.31. The first-order valence-corrected chi connectivity index (χ1v) is 7.42.